The highest BCUT2D eigenvalue weighted by Gasteiger charge is 2.25. The molecule has 0 atom stereocenters. The lowest BCUT2D eigenvalue weighted by Crippen LogP contribution is -2.23. The molecule has 2 N–H and O–H groups in total. The van der Waals surface area contributed by atoms with Gasteiger partial charge in [0, 0.05) is 31.4 Å². The van der Waals surface area contributed by atoms with Crippen LogP contribution in [-0.2, 0) is 0 Å². The van der Waals surface area contributed by atoms with Crippen molar-refractivity contribution in [2.45, 2.75) is 25.9 Å². The Morgan fingerprint density at radius 2 is 2.16 bits per heavy atom. The number of pyridine rings is 1. The van der Waals surface area contributed by atoms with Gasteiger partial charge in [0.25, 0.3) is 5.91 Å². The number of rotatable bonds is 6. The van der Waals surface area contributed by atoms with Gasteiger partial charge in [-0.05, 0) is 25.5 Å². The van der Waals surface area contributed by atoms with E-state index in [2.05, 4.69) is 15.6 Å². The smallest absolute Gasteiger partial charge is 0.385 e. The van der Waals surface area contributed by atoms with Gasteiger partial charge in [0.1, 0.15) is 5.69 Å². The summed E-state index contributed by atoms with van der Waals surface area (Å²) >= 11 is 0. The summed E-state index contributed by atoms with van der Waals surface area (Å²) in [4.78, 5) is 15.4. The number of nitrogens with one attached hydrogen (secondary N) is 2. The Hall–Kier alpha value is -1.79. The summed E-state index contributed by atoms with van der Waals surface area (Å²) in [5, 5.41) is 5.43. The summed E-state index contributed by atoms with van der Waals surface area (Å²) in [6.07, 6.45) is -3.53. The average molecular weight is 275 g/mol. The van der Waals surface area contributed by atoms with Crippen molar-refractivity contribution in [3.05, 3.63) is 24.0 Å². The number of amides is 1. The number of nitrogens with zero attached hydrogens (tertiary/aromatic N) is 1. The number of hydrogen-bond donors (Lipinski definition) is 2. The number of anilines is 1. The third kappa shape index (κ3) is 6.08. The van der Waals surface area contributed by atoms with Crippen LogP contribution >= 0.6 is 0 Å². The van der Waals surface area contributed by atoms with Crippen molar-refractivity contribution < 1.29 is 18.0 Å². The molecule has 0 fully saturated rings. The first-order chi connectivity index (χ1) is 8.92. The molecule has 0 spiro atoms. The summed E-state index contributed by atoms with van der Waals surface area (Å²) in [5.74, 6) is -0.304. The Morgan fingerprint density at radius 1 is 1.42 bits per heavy atom. The molecule has 0 unspecified atom stereocenters. The molecule has 1 rings (SSSR count). The van der Waals surface area contributed by atoms with E-state index < -0.39 is 12.6 Å². The van der Waals surface area contributed by atoms with Crippen LogP contribution < -0.4 is 10.6 Å². The third-order valence-corrected chi connectivity index (χ3v) is 2.30. The van der Waals surface area contributed by atoms with Crippen molar-refractivity contribution in [3.63, 3.8) is 0 Å². The zero-order chi connectivity index (χ0) is 14.3. The van der Waals surface area contributed by atoms with E-state index >= 15 is 0 Å². The second-order valence-electron chi connectivity index (χ2n) is 3.93. The van der Waals surface area contributed by atoms with Gasteiger partial charge in [0.2, 0.25) is 0 Å². The lowest BCUT2D eigenvalue weighted by Gasteiger charge is -2.09. The van der Waals surface area contributed by atoms with Crippen molar-refractivity contribution in [1.29, 1.82) is 0 Å². The summed E-state index contributed by atoms with van der Waals surface area (Å²) in [5.41, 5.74) is 0.820. The van der Waals surface area contributed by atoms with Gasteiger partial charge >= 0.3 is 6.18 Å². The van der Waals surface area contributed by atoms with Gasteiger partial charge in [-0.1, -0.05) is 0 Å². The normalized spacial score (nSPS) is 11.2. The number of hydrogen-bond acceptors (Lipinski definition) is 3. The number of alkyl halides is 3. The first-order valence-electron chi connectivity index (χ1n) is 5.97. The highest BCUT2D eigenvalue weighted by Crippen LogP contribution is 2.21. The lowest BCUT2D eigenvalue weighted by molar-refractivity contribution is -0.134. The molecule has 19 heavy (non-hydrogen) atoms. The minimum atomic E-state index is -4.13. The minimum Gasteiger partial charge on any atom is -0.385 e. The zero-order valence-electron chi connectivity index (χ0n) is 10.5. The van der Waals surface area contributed by atoms with E-state index in [1.165, 1.54) is 12.3 Å². The fourth-order valence-electron chi connectivity index (χ4n) is 1.44. The fourth-order valence-corrected chi connectivity index (χ4v) is 1.44. The van der Waals surface area contributed by atoms with Gasteiger partial charge in [-0.3, -0.25) is 9.78 Å². The van der Waals surface area contributed by atoms with Gasteiger partial charge < -0.3 is 10.6 Å². The van der Waals surface area contributed by atoms with Crippen LogP contribution in [0.25, 0.3) is 0 Å². The van der Waals surface area contributed by atoms with Gasteiger partial charge in [0.15, 0.2) is 0 Å². The molecule has 0 saturated heterocycles. The second-order valence-corrected chi connectivity index (χ2v) is 3.93. The molecule has 0 radical (unpaired) electrons. The molecule has 0 saturated carbocycles. The molecular formula is C12H16F3N3O. The Kier molecular flexibility index (Phi) is 5.59. The Balaban J connectivity index is 2.46. The van der Waals surface area contributed by atoms with Gasteiger partial charge in [-0.2, -0.15) is 13.2 Å². The maximum absolute atomic E-state index is 11.9. The van der Waals surface area contributed by atoms with Crippen molar-refractivity contribution in [2.75, 3.05) is 18.4 Å². The monoisotopic (exact) mass is 275 g/mol. The highest BCUT2D eigenvalue weighted by atomic mass is 19.4. The van der Waals surface area contributed by atoms with E-state index in [1.807, 2.05) is 0 Å². The van der Waals surface area contributed by atoms with Gasteiger partial charge in [-0.25, -0.2) is 0 Å². The van der Waals surface area contributed by atoms with E-state index in [0.29, 0.717) is 12.2 Å². The molecule has 106 valence electrons. The van der Waals surface area contributed by atoms with Crippen molar-refractivity contribution >= 4 is 11.6 Å². The van der Waals surface area contributed by atoms with Crippen LogP contribution in [0.3, 0.4) is 0 Å². The maximum Gasteiger partial charge on any atom is 0.389 e. The molecule has 1 heterocycles. The predicted octanol–water partition coefficient (Wildman–Crippen LogP) is 2.59. The summed E-state index contributed by atoms with van der Waals surface area (Å²) in [6.45, 7) is 2.47. The molecule has 1 aromatic heterocycles. The van der Waals surface area contributed by atoms with Crippen molar-refractivity contribution in [1.82, 2.24) is 10.3 Å². The Labute approximate surface area is 109 Å². The van der Waals surface area contributed by atoms with Crippen LogP contribution in [-0.4, -0.2) is 30.2 Å². The number of halogens is 3. The standard InChI is InChI=1S/C12H16F3N3O/c1-2-16-11(19)10-8-9(4-7-18-10)17-6-3-5-12(13,14)15/h4,7-8H,2-3,5-6H2,1H3,(H,16,19)(H,17,18). The lowest BCUT2D eigenvalue weighted by atomic mass is 10.2. The van der Waals surface area contributed by atoms with E-state index in [-0.39, 0.29) is 24.6 Å². The van der Waals surface area contributed by atoms with E-state index in [1.54, 1.807) is 13.0 Å². The average Bonchev–Trinajstić information content (AvgIpc) is 2.34. The van der Waals surface area contributed by atoms with Crippen LogP contribution in [0.15, 0.2) is 18.3 Å². The van der Waals surface area contributed by atoms with Crippen LogP contribution in [0.4, 0.5) is 18.9 Å². The van der Waals surface area contributed by atoms with Crippen LogP contribution in [0.5, 0.6) is 0 Å². The fraction of sp³-hybridized carbons (Fsp3) is 0.500. The second kappa shape index (κ2) is 6.96. The van der Waals surface area contributed by atoms with Crippen LogP contribution in [0, 0.1) is 0 Å². The number of aromatic nitrogens is 1. The van der Waals surface area contributed by atoms with E-state index in [0.717, 1.165) is 0 Å². The number of carbonyl (C=O) groups excluding carboxylic acids is 1. The molecular weight excluding hydrogens is 259 g/mol. The molecule has 0 aliphatic carbocycles. The molecule has 0 aliphatic heterocycles. The third-order valence-electron chi connectivity index (χ3n) is 2.30. The van der Waals surface area contributed by atoms with Crippen molar-refractivity contribution in [2.24, 2.45) is 0 Å². The molecule has 0 bridgehead atoms. The summed E-state index contributed by atoms with van der Waals surface area (Å²) in [7, 11) is 0. The molecule has 0 aliphatic rings. The number of carbonyl (C=O) groups is 1. The molecule has 1 amide bonds. The first kappa shape index (κ1) is 15.3. The van der Waals surface area contributed by atoms with Crippen LogP contribution in [0.1, 0.15) is 30.3 Å². The topological polar surface area (TPSA) is 54.0 Å². The quantitative estimate of drug-likeness (QED) is 0.785. The Bertz CT molecular complexity index is 421. The molecule has 7 heteroatoms. The first-order valence-corrected chi connectivity index (χ1v) is 5.97. The molecule has 0 aromatic carbocycles. The SMILES string of the molecule is CCNC(=O)c1cc(NCCCC(F)(F)F)ccn1. The van der Waals surface area contributed by atoms with Crippen LogP contribution in [0.2, 0.25) is 0 Å². The predicted molar refractivity (Wildman–Crippen MR) is 66.0 cm³/mol. The summed E-state index contributed by atoms with van der Waals surface area (Å²) in [6, 6.07) is 3.12. The summed E-state index contributed by atoms with van der Waals surface area (Å²) < 4.78 is 35.8. The maximum atomic E-state index is 11.9. The molecule has 1 aromatic rings. The highest BCUT2D eigenvalue weighted by molar-refractivity contribution is 5.93. The van der Waals surface area contributed by atoms with E-state index in [4.69, 9.17) is 0 Å². The van der Waals surface area contributed by atoms with Crippen molar-refractivity contribution in [3.8, 4) is 0 Å². The molecule has 4 nitrogen and oxygen atoms in total. The zero-order valence-corrected chi connectivity index (χ0v) is 10.5. The van der Waals surface area contributed by atoms with Gasteiger partial charge in [0.05, 0.1) is 0 Å². The minimum absolute atomic E-state index is 0.0116. The van der Waals surface area contributed by atoms with E-state index in [9.17, 15) is 18.0 Å². The largest absolute Gasteiger partial charge is 0.389 e. The Morgan fingerprint density at radius 3 is 2.79 bits per heavy atom. The van der Waals surface area contributed by atoms with Gasteiger partial charge in [-0.15, -0.1) is 0 Å².